The normalized spacial score (nSPS) is 17.1. The number of ether oxygens (including phenoxy) is 5. The fraction of sp³-hybridized carbons (Fsp3) is 0.933. The zero-order valence-corrected chi connectivity index (χ0v) is 35.4. The van der Waals surface area contributed by atoms with Crippen molar-refractivity contribution in [1.29, 1.82) is 0 Å². The molecule has 0 aliphatic heterocycles. The van der Waals surface area contributed by atoms with E-state index >= 15 is 0 Å². The zero-order chi connectivity index (χ0) is 39.5. The van der Waals surface area contributed by atoms with Crippen LogP contribution in [-0.2, 0) is 23.7 Å². The maximum atomic E-state index is 12.4. The van der Waals surface area contributed by atoms with Gasteiger partial charge in [-0.1, -0.05) is 195 Å². The van der Waals surface area contributed by atoms with E-state index in [0.717, 1.165) is 50.4 Å². The number of carbonyl (C=O) groups is 3. The Labute approximate surface area is 331 Å². The minimum Gasteiger partial charge on any atom is -0.450 e. The summed E-state index contributed by atoms with van der Waals surface area (Å²) in [6.45, 7) is 9.77. The number of unbranched alkanes of at least 4 members (excludes halogenated alkanes) is 24. The monoisotopic (exact) mass is 769 g/mol. The van der Waals surface area contributed by atoms with Crippen molar-refractivity contribution >= 4 is 18.5 Å². The molecule has 2 atom stereocenters. The second-order valence-corrected chi connectivity index (χ2v) is 16.9. The molecule has 1 fully saturated rings. The van der Waals surface area contributed by atoms with Gasteiger partial charge in [-0.25, -0.2) is 14.4 Å². The maximum Gasteiger partial charge on any atom is 0.508 e. The van der Waals surface area contributed by atoms with Crippen LogP contribution in [0.15, 0.2) is 0 Å². The number of rotatable bonds is 35. The summed E-state index contributed by atoms with van der Waals surface area (Å²) >= 11 is 0. The minimum absolute atomic E-state index is 0.188. The number of hydrogen-bond acceptors (Lipinski definition) is 8. The SMILES string of the molecule is CC(C)CCCCCCCCCCCCCCCOC(=O)OC1CC(OC(=O)O)CC(OC(=O)OCCCCCCCCCCCCCCCC(C)C)C1. The topological polar surface area (TPSA) is 118 Å². The summed E-state index contributed by atoms with van der Waals surface area (Å²) in [6.07, 6.45) is 30.6. The van der Waals surface area contributed by atoms with Gasteiger partial charge < -0.3 is 28.8 Å². The number of carbonyl (C=O) groups excluding carboxylic acids is 2. The molecule has 318 valence electrons. The molecule has 9 heteroatoms. The second kappa shape index (κ2) is 35.2. The minimum atomic E-state index is -1.42. The van der Waals surface area contributed by atoms with E-state index in [2.05, 4.69) is 27.7 Å². The molecule has 0 heterocycles. The largest absolute Gasteiger partial charge is 0.508 e. The standard InChI is InChI=1S/C45H84O9/c1-38(2)31-27-23-19-15-11-7-5-9-13-17-21-25-29-33-50-44(48)53-41-35-40(52-43(46)47)36-42(37-41)54-45(49)51-34-30-26-22-18-14-10-6-8-12-16-20-24-28-32-39(3)4/h38-42H,5-37H2,1-4H3,(H,46,47). The molecule has 1 saturated carbocycles. The van der Waals surface area contributed by atoms with Crippen LogP contribution in [0.2, 0.25) is 0 Å². The molecule has 0 saturated heterocycles. The van der Waals surface area contributed by atoms with Crippen LogP contribution in [0.3, 0.4) is 0 Å². The van der Waals surface area contributed by atoms with Crippen LogP contribution in [0.25, 0.3) is 0 Å². The molecule has 0 amide bonds. The van der Waals surface area contributed by atoms with Crippen LogP contribution in [0.5, 0.6) is 0 Å². The highest BCUT2D eigenvalue weighted by Gasteiger charge is 2.36. The summed E-state index contributed by atoms with van der Waals surface area (Å²) in [4.78, 5) is 36.0. The fourth-order valence-electron chi connectivity index (χ4n) is 7.45. The lowest BCUT2D eigenvalue weighted by Crippen LogP contribution is -2.40. The molecule has 0 spiro atoms. The number of carboxylic acid groups (broad SMARTS) is 1. The average Bonchev–Trinajstić information content (AvgIpc) is 3.10. The van der Waals surface area contributed by atoms with Crippen LogP contribution >= 0.6 is 0 Å². The summed E-state index contributed by atoms with van der Waals surface area (Å²) in [5, 5.41) is 9.15. The van der Waals surface area contributed by atoms with Gasteiger partial charge in [0.2, 0.25) is 0 Å². The zero-order valence-electron chi connectivity index (χ0n) is 35.4. The van der Waals surface area contributed by atoms with Crippen LogP contribution < -0.4 is 0 Å². The van der Waals surface area contributed by atoms with Gasteiger partial charge in [-0.2, -0.15) is 0 Å². The summed E-state index contributed by atoms with van der Waals surface area (Å²) in [6, 6.07) is 0. The Bertz CT molecular complexity index is 830. The molecule has 1 N–H and O–H groups in total. The lowest BCUT2D eigenvalue weighted by molar-refractivity contribution is -0.0739. The molecular weight excluding hydrogens is 684 g/mol. The van der Waals surface area contributed by atoms with E-state index in [9.17, 15) is 14.4 Å². The highest BCUT2D eigenvalue weighted by molar-refractivity contribution is 5.61. The van der Waals surface area contributed by atoms with Crippen LogP contribution in [0.1, 0.15) is 227 Å². The van der Waals surface area contributed by atoms with E-state index in [0.29, 0.717) is 0 Å². The van der Waals surface area contributed by atoms with Crippen molar-refractivity contribution in [2.75, 3.05) is 13.2 Å². The number of hydrogen-bond donors (Lipinski definition) is 1. The summed E-state index contributed by atoms with van der Waals surface area (Å²) in [5.41, 5.74) is 0. The molecule has 54 heavy (non-hydrogen) atoms. The Balaban J connectivity index is 2.07. The van der Waals surface area contributed by atoms with Crippen LogP contribution in [-0.4, -0.2) is 55.1 Å². The predicted octanol–water partition coefficient (Wildman–Crippen LogP) is 14.5. The van der Waals surface area contributed by atoms with Gasteiger partial charge in [-0.3, -0.25) is 0 Å². The van der Waals surface area contributed by atoms with Crippen LogP contribution in [0, 0.1) is 11.8 Å². The van der Waals surface area contributed by atoms with E-state index < -0.39 is 36.8 Å². The first-order valence-electron chi connectivity index (χ1n) is 22.7. The Morgan fingerprint density at radius 2 is 0.648 bits per heavy atom. The predicted molar refractivity (Wildman–Crippen MR) is 218 cm³/mol. The molecule has 1 aliphatic rings. The van der Waals surface area contributed by atoms with Gasteiger partial charge >= 0.3 is 18.5 Å². The molecule has 0 aromatic carbocycles. The summed E-state index contributed by atoms with van der Waals surface area (Å²) < 4.78 is 26.5. The summed E-state index contributed by atoms with van der Waals surface area (Å²) in [5.74, 6) is 1.66. The first-order chi connectivity index (χ1) is 26.2. The van der Waals surface area contributed by atoms with Crippen molar-refractivity contribution in [3.63, 3.8) is 0 Å². The molecule has 1 rings (SSSR count). The molecule has 2 unspecified atom stereocenters. The fourth-order valence-corrected chi connectivity index (χ4v) is 7.45. The first kappa shape index (κ1) is 49.8. The molecule has 9 nitrogen and oxygen atoms in total. The Hall–Kier alpha value is -2.19. The van der Waals surface area contributed by atoms with E-state index in [1.54, 1.807) is 0 Å². The highest BCUT2D eigenvalue weighted by atomic mass is 16.7. The third-order valence-electron chi connectivity index (χ3n) is 10.7. The smallest absolute Gasteiger partial charge is 0.450 e. The van der Waals surface area contributed by atoms with Crippen molar-refractivity contribution in [2.24, 2.45) is 11.8 Å². The Kier molecular flexibility index (Phi) is 32.5. The van der Waals surface area contributed by atoms with Gasteiger partial charge in [0.15, 0.2) is 0 Å². The molecule has 0 aromatic rings. The van der Waals surface area contributed by atoms with Gasteiger partial charge in [0, 0.05) is 19.3 Å². The van der Waals surface area contributed by atoms with E-state index in [1.165, 1.54) is 141 Å². The lowest BCUT2D eigenvalue weighted by Gasteiger charge is -2.32. The lowest BCUT2D eigenvalue weighted by atomic mass is 9.92. The quantitative estimate of drug-likeness (QED) is 0.0382. The van der Waals surface area contributed by atoms with Gasteiger partial charge in [-0.15, -0.1) is 0 Å². The van der Waals surface area contributed by atoms with Crippen LogP contribution in [0.4, 0.5) is 14.4 Å². The molecular formula is C45H84O9. The highest BCUT2D eigenvalue weighted by Crippen LogP contribution is 2.27. The molecule has 0 aromatic heterocycles. The van der Waals surface area contributed by atoms with Gasteiger partial charge in [0.1, 0.15) is 18.3 Å². The van der Waals surface area contributed by atoms with Gasteiger partial charge in [-0.05, 0) is 24.7 Å². The van der Waals surface area contributed by atoms with Crippen molar-refractivity contribution in [3.05, 3.63) is 0 Å². The maximum absolute atomic E-state index is 12.4. The molecule has 0 bridgehead atoms. The second-order valence-electron chi connectivity index (χ2n) is 16.9. The molecule has 0 radical (unpaired) electrons. The summed E-state index contributed by atoms with van der Waals surface area (Å²) in [7, 11) is 0. The van der Waals surface area contributed by atoms with Crippen molar-refractivity contribution in [1.82, 2.24) is 0 Å². The Morgan fingerprint density at radius 3 is 0.907 bits per heavy atom. The third kappa shape index (κ3) is 33.2. The first-order valence-corrected chi connectivity index (χ1v) is 22.7. The van der Waals surface area contributed by atoms with Gasteiger partial charge in [0.25, 0.3) is 0 Å². The van der Waals surface area contributed by atoms with E-state index in [-0.39, 0.29) is 32.5 Å². The van der Waals surface area contributed by atoms with E-state index in [1.807, 2.05) is 0 Å². The van der Waals surface area contributed by atoms with Crippen molar-refractivity contribution in [2.45, 2.75) is 245 Å². The van der Waals surface area contributed by atoms with Crippen molar-refractivity contribution in [3.8, 4) is 0 Å². The van der Waals surface area contributed by atoms with Gasteiger partial charge in [0.05, 0.1) is 13.2 Å². The van der Waals surface area contributed by atoms with Crippen molar-refractivity contribution < 1.29 is 43.2 Å². The molecule has 1 aliphatic carbocycles. The Morgan fingerprint density at radius 1 is 0.407 bits per heavy atom. The third-order valence-corrected chi connectivity index (χ3v) is 10.7. The van der Waals surface area contributed by atoms with E-state index in [4.69, 9.17) is 28.8 Å². The average molecular weight is 769 g/mol.